The van der Waals surface area contributed by atoms with Crippen LogP contribution in [0.15, 0.2) is 12.7 Å². The summed E-state index contributed by atoms with van der Waals surface area (Å²) in [4.78, 5) is 0. The lowest BCUT2D eigenvalue weighted by molar-refractivity contribution is -0.0907. The van der Waals surface area contributed by atoms with E-state index in [9.17, 15) is 5.11 Å². The van der Waals surface area contributed by atoms with Gasteiger partial charge in [0.25, 0.3) is 0 Å². The summed E-state index contributed by atoms with van der Waals surface area (Å²) in [6.45, 7) is 3.76. The SMILES string of the molecule is C=CCCC(O)C1C2CC3CC(C2)CC1C3. The Morgan fingerprint density at radius 2 is 1.62 bits per heavy atom. The van der Waals surface area contributed by atoms with Gasteiger partial charge in [0.2, 0.25) is 0 Å². The van der Waals surface area contributed by atoms with E-state index in [2.05, 4.69) is 6.58 Å². The maximum atomic E-state index is 10.4. The second-order valence-electron chi connectivity index (χ2n) is 6.44. The van der Waals surface area contributed by atoms with Gasteiger partial charge in [0, 0.05) is 0 Å². The third-order valence-electron chi connectivity index (χ3n) is 5.41. The molecule has 16 heavy (non-hydrogen) atoms. The molecule has 0 amide bonds. The molecule has 90 valence electrons. The second-order valence-corrected chi connectivity index (χ2v) is 6.44. The molecular formula is C15H24O. The zero-order valence-corrected chi connectivity index (χ0v) is 10.1. The molecule has 4 rings (SSSR count). The molecule has 4 saturated carbocycles. The van der Waals surface area contributed by atoms with Crippen molar-refractivity contribution in [2.45, 2.75) is 51.0 Å². The molecule has 0 heterocycles. The minimum atomic E-state index is -0.0481. The van der Waals surface area contributed by atoms with Gasteiger partial charge in [0.15, 0.2) is 0 Å². The molecule has 1 heteroatoms. The van der Waals surface area contributed by atoms with Crippen molar-refractivity contribution < 1.29 is 5.11 Å². The van der Waals surface area contributed by atoms with E-state index in [0.29, 0.717) is 5.92 Å². The van der Waals surface area contributed by atoms with Gasteiger partial charge in [-0.1, -0.05) is 6.08 Å². The minimum absolute atomic E-state index is 0.0481. The van der Waals surface area contributed by atoms with Crippen LogP contribution in [0.5, 0.6) is 0 Å². The molecule has 1 N–H and O–H groups in total. The maximum absolute atomic E-state index is 10.4. The zero-order chi connectivity index (χ0) is 11.1. The lowest BCUT2D eigenvalue weighted by Gasteiger charge is -2.55. The summed E-state index contributed by atoms with van der Waals surface area (Å²) in [6, 6.07) is 0. The average Bonchev–Trinajstić information content (AvgIpc) is 2.24. The van der Waals surface area contributed by atoms with Crippen LogP contribution in [0.1, 0.15) is 44.9 Å². The van der Waals surface area contributed by atoms with Gasteiger partial charge in [-0.3, -0.25) is 0 Å². The predicted octanol–water partition coefficient (Wildman–Crippen LogP) is 3.39. The first-order valence-corrected chi connectivity index (χ1v) is 7.07. The quantitative estimate of drug-likeness (QED) is 0.720. The van der Waals surface area contributed by atoms with Crippen molar-refractivity contribution in [3.05, 3.63) is 12.7 Å². The largest absolute Gasteiger partial charge is 0.393 e. The molecular weight excluding hydrogens is 196 g/mol. The maximum Gasteiger partial charge on any atom is 0.0576 e. The van der Waals surface area contributed by atoms with Crippen LogP contribution >= 0.6 is 0 Å². The van der Waals surface area contributed by atoms with Gasteiger partial charge in [-0.25, -0.2) is 0 Å². The van der Waals surface area contributed by atoms with Crippen LogP contribution in [-0.2, 0) is 0 Å². The number of hydrogen-bond donors (Lipinski definition) is 1. The van der Waals surface area contributed by atoms with Crippen LogP contribution in [-0.4, -0.2) is 11.2 Å². The lowest BCUT2D eigenvalue weighted by Crippen LogP contribution is -2.49. The fourth-order valence-corrected chi connectivity index (χ4v) is 5.08. The molecule has 1 atom stereocenters. The Morgan fingerprint density at radius 3 is 2.12 bits per heavy atom. The highest BCUT2D eigenvalue weighted by atomic mass is 16.3. The Labute approximate surface area is 98.9 Å². The molecule has 4 aliphatic rings. The summed E-state index contributed by atoms with van der Waals surface area (Å²) in [5.74, 6) is 4.38. The Balaban J connectivity index is 1.69. The molecule has 0 radical (unpaired) electrons. The van der Waals surface area contributed by atoms with E-state index in [0.717, 1.165) is 36.5 Å². The Bertz CT molecular complexity index is 243. The van der Waals surface area contributed by atoms with E-state index in [1.807, 2.05) is 6.08 Å². The lowest BCUT2D eigenvalue weighted by atomic mass is 9.50. The molecule has 4 bridgehead atoms. The summed E-state index contributed by atoms with van der Waals surface area (Å²) in [6.07, 6.45) is 11.0. The van der Waals surface area contributed by atoms with Crippen LogP contribution < -0.4 is 0 Å². The predicted molar refractivity (Wildman–Crippen MR) is 66.0 cm³/mol. The second kappa shape index (κ2) is 4.18. The molecule has 0 aliphatic heterocycles. The number of aliphatic hydroxyl groups excluding tert-OH is 1. The zero-order valence-electron chi connectivity index (χ0n) is 10.1. The molecule has 4 aliphatic carbocycles. The van der Waals surface area contributed by atoms with E-state index in [-0.39, 0.29) is 6.10 Å². The third-order valence-corrected chi connectivity index (χ3v) is 5.41. The van der Waals surface area contributed by atoms with Crippen molar-refractivity contribution in [1.82, 2.24) is 0 Å². The molecule has 0 saturated heterocycles. The Kier molecular flexibility index (Phi) is 2.83. The van der Waals surface area contributed by atoms with Gasteiger partial charge in [0.05, 0.1) is 6.10 Å². The van der Waals surface area contributed by atoms with Crippen molar-refractivity contribution in [3.8, 4) is 0 Å². The average molecular weight is 220 g/mol. The molecule has 0 aromatic heterocycles. The molecule has 1 nitrogen and oxygen atoms in total. The standard InChI is InChI=1S/C15H24O/c1-2-3-4-14(16)15-12-6-10-5-11(8-12)9-13(15)7-10/h2,10-16H,1,3-9H2. The molecule has 0 aromatic rings. The summed E-state index contributed by atoms with van der Waals surface area (Å²) in [7, 11) is 0. The van der Waals surface area contributed by atoms with Crippen molar-refractivity contribution in [2.75, 3.05) is 0 Å². The topological polar surface area (TPSA) is 20.2 Å². The van der Waals surface area contributed by atoms with Crippen LogP contribution in [0.3, 0.4) is 0 Å². The molecule has 4 fully saturated rings. The van der Waals surface area contributed by atoms with Crippen LogP contribution in [0.25, 0.3) is 0 Å². The molecule has 0 spiro atoms. The third kappa shape index (κ3) is 1.73. The number of hydrogen-bond acceptors (Lipinski definition) is 1. The van der Waals surface area contributed by atoms with Gasteiger partial charge in [-0.2, -0.15) is 0 Å². The molecule has 1 unspecified atom stereocenters. The van der Waals surface area contributed by atoms with Gasteiger partial charge >= 0.3 is 0 Å². The van der Waals surface area contributed by atoms with Crippen molar-refractivity contribution in [2.24, 2.45) is 29.6 Å². The number of aliphatic hydroxyl groups is 1. The highest BCUT2D eigenvalue weighted by Crippen LogP contribution is 2.57. The molecule has 0 aromatic carbocycles. The number of rotatable bonds is 4. The Morgan fingerprint density at radius 1 is 1.06 bits per heavy atom. The van der Waals surface area contributed by atoms with Crippen LogP contribution in [0.4, 0.5) is 0 Å². The van der Waals surface area contributed by atoms with E-state index in [1.165, 1.54) is 32.1 Å². The highest BCUT2D eigenvalue weighted by molar-refractivity contribution is 5.00. The van der Waals surface area contributed by atoms with Gasteiger partial charge in [0.1, 0.15) is 0 Å². The first kappa shape index (κ1) is 10.8. The summed E-state index contributed by atoms with van der Waals surface area (Å²) >= 11 is 0. The number of allylic oxidation sites excluding steroid dienone is 1. The highest BCUT2D eigenvalue weighted by Gasteiger charge is 2.49. The van der Waals surface area contributed by atoms with Gasteiger partial charge in [-0.15, -0.1) is 6.58 Å². The first-order valence-electron chi connectivity index (χ1n) is 7.07. The minimum Gasteiger partial charge on any atom is -0.393 e. The van der Waals surface area contributed by atoms with Crippen molar-refractivity contribution >= 4 is 0 Å². The summed E-state index contributed by atoms with van der Waals surface area (Å²) in [5.41, 5.74) is 0. The van der Waals surface area contributed by atoms with Crippen LogP contribution in [0.2, 0.25) is 0 Å². The smallest absolute Gasteiger partial charge is 0.0576 e. The van der Waals surface area contributed by atoms with Gasteiger partial charge < -0.3 is 5.11 Å². The fourth-order valence-electron chi connectivity index (χ4n) is 5.08. The first-order chi connectivity index (χ1) is 7.78. The fraction of sp³-hybridized carbons (Fsp3) is 0.867. The van der Waals surface area contributed by atoms with Crippen molar-refractivity contribution in [3.63, 3.8) is 0 Å². The van der Waals surface area contributed by atoms with Gasteiger partial charge in [-0.05, 0) is 74.5 Å². The summed E-state index contributed by atoms with van der Waals surface area (Å²) < 4.78 is 0. The monoisotopic (exact) mass is 220 g/mol. The van der Waals surface area contributed by atoms with E-state index < -0.39 is 0 Å². The Hall–Kier alpha value is -0.300. The van der Waals surface area contributed by atoms with E-state index >= 15 is 0 Å². The van der Waals surface area contributed by atoms with E-state index in [1.54, 1.807) is 0 Å². The van der Waals surface area contributed by atoms with E-state index in [4.69, 9.17) is 0 Å². The van der Waals surface area contributed by atoms with Crippen LogP contribution in [0, 0.1) is 29.6 Å². The normalized spacial score (nSPS) is 46.9. The van der Waals surface area contributed by atoms with Crippen molar-refractivity contribution in [1.29, 1.82) is 0 Å². The summed E-state index contributed by atoms with van der Waals surface area (Å²) in [5, 5.41) is 10.4.